The van der Waals surface area contributed by atoms with Crippen molar-refractivity contribution in [2.24, 2.45) is 11.8 Å². The summed E-state index contributed by atoms with van der Waals surface area (Å²) in [5, 5.41) is 7.19. The summed E-state index contributed by atoms with van der Waals surface area (Å²) >= 11 is 0. The zero-order chi connectivity index (χ0) is 18.5. The molecule has 2 heterocycles. The third kappa shape index (κ3) is 4.50. The highest BCUT2D eigenvalue weighted by Gasteiger charge is 2.25. The van der Waals surface area contributed by atoms with Crippen LogP contribution in [-0.4, -0.2) is 39.6 Å². The number of aromatic nitrogens is 2. The number of anilines is 1. The summed E-state index contributed by atoms with van der Waals surface area (Å²) in [5.41, 5.74) is 1.68. The molecule has 6 heteroatoms. The fourth-order valence-corrected chi connectivity index (χ4v) is 3.34. The highest BCUT2D eigenvalue weighted by Crippen LogP contribution is 2.23. The Kier molecular flexibility index (Phi) is 5.71. The van der Waals surface area contributed by atoms with Gasteiger partial charge in [0.25, 0.3) is 0 Å². The summed E-state index contributed by atoms with van der Waals surface area (Å²) in [6, 6.07) is 9.51. The SMILES string of the molecule is CC(C)C(=O)N1CCC(CC(=O)Nc2cccc(-n3cccn3)c2)CC1. The first-order chi connectivity index (χ1) is 12.5. The topological polar surface area (TPSA) is 67.2 Å². The Hall–Kier alpha value is -2.63. The maximum absolute atomic E-state index is 12.4. The van der Waals surface area contributed by atoms with Gasteiger partial charge >= 0.3 is 0 Å². The van der Waals surface area contributed by atoms with E-state index in [9.17, 15) is 9.59 Å². The lowest BCUT2D eigenvalue weighted by Gasteiger charge is -2.32. The van der Waals surface area contributed by atoms with E-state index in [0.717, 1.165) is 37.3 Å². The van der Waals surface area contributed by atoms with E-state index in [4.69, 9.17) is 0 Å². The van der Waals surface area contributed by atoms with Gasteiger partial charge < -0.3 is 10.2 Å². The zero-order valence-electron chi connectivity index (χ0n) is 15.4. The van der Waals surface area contributed by atoms with Gasteiger partial charge in [0.2, 0.25) is 11.8 Å². The number of nitrogens with one attached hydrogen (secondary N) is 1. The lowest BCUT2D eigenvalue weighted by molar-refractivity contribution is -0.135. The molecule has 0 spiro atoms. The second-order valence-corrected chi connectivity index (χ2v) is 7.18. The number of piperidine rings is 1. The molecule has 138 valence electrons. The van der Waals surface area contributed by atoms with E-state index >= 15 is 0 Å². The van der Waals surface area contributed by atoms with Crippen LogP contribution in [0.15, 0.2) is 42.7 Å². The van der Waals surface area contributed by atoms with Crippen molar-refractivity contribution < 1.29 is 9.59 Å². The van der Waals surface area contributed by atoms with Gasteiger partial charge in [-0.15, -0.1) is 0 Å². The summed E-state index contributed by atoms with van der Waals surface area (Å²) in [6.07, 6.45) is 5.86. The number of rotatable bonds is 5. The van der Waals surface area contributed by atoms with Gasteiger partial charge in [-0.05, 0) is 43.0 Å². The summed E-state index contributed by atoms with van der Waals surface area (Å²) in [7, 11) is 0. The molecular weight excluding hydrogens is 328 g/mol. The predicted molar refractivity (Wildman–Crippen MR) is 101 cm³/mol. The van der Waals surface area contributed by atoms with Crippen molar-refractivity contribution in [1.82, 2.24) is 14.7 Å². The quantitative estimate of drug-likeness (QED) is 0.897. The van der Waals surface area contributed by atoms with Gasteiger partial charge in [0.1, 0.15) is 0 Å². The van der Waals surface area contributed by atoms with Gasteiger partial charge in [0.15, 0.2) is 0 Å². The first kappa shape index (κ1) is 18.2. The Balaban J connectivity index is 1.51. The molecule has 1 fully saturated rings. The fraction of sp³-hybridized carbons (Fsp3) is 0.450. The van der Waals surface area contributed by atoms with Crippen LogP contribution in [0, 0.1) is 11.8 Å². The second-order valence-electron chi connectivity index (χ2n) is 7.18. The molecule has 1 aromatic carbocycles. The molecule has 1 aromatic heterocycles. The van der Waals surface area contributed by atoms with Crippen LogP contribution in [0.3, 0.4) is 0 Å². The normalized spacial score (nSPS) is 15.3. The van der Waals surface area contributed by atoms with Crippen molar-refractivity contribution in [2.45, 2.75) is 33.1 Å². The monoisotopic (exact) mass is 354 g/mol. The number of carbonyl (C=O) groups is 2. The second kappa shape index (κ2) is 8.17. The van der Waals surface area contributed by atoms with E-state index in [-0.39, 0.29) is 17.7 Å². The minimum absolute atomic E-state index is 0.0243. The van der Waals surface area contributed by atoms with E-state index in [1.54, 1.807) is 10.9 Å². The average Bonchev–Trinajstić information content (AvgIpc) is 3.16. The maximum Gasteiger partial charge on any atom is 0.225 e. The third-order valence-corrected chi connectivity index (χ3v) is 4.79. The smallest absolute Gasteiger partial charge is 0.225 e. The maximum atomic E-state index is 12.4. The van der Waals surface area contributed by atoms with Gasteiger partial charge in [0.05, 0.1) is 5.69 Å². The van der Waals surface area contributed by atoms with Gasteiger partial charge in [-0.1, -0.05) is 19.9 Å². The Bertz CT molecular complexity index is 747. The van der Waals surface area contributed by atoms with Crippen molar-refractivity contribution in [2.75, 3.05) is 18.4 Å². The Morgan fingerprint density at radius 1 is 1.23 bits per heavy atom. The number of hydrogen-bond acceptors (Lipinski definition) is 3. The third-order valence-electron chi connectivity index (χ3n) is 4.79. The van der Waals surface area contributed by atoms with E-state index in [1.807, 2.05) is 55.3 Å². The van der Waals surface area contributed by atoms with Crippen LogP contribution in [0.5, 0.6) is 0 Å². The molecule has 0 radical (unpaired) electrons. The largest absolute Gasteiger partial charge is 0.342 e. The Morgan fingerprint density at radius 2 is 2.00 bits per heavy atom. The van der Waals surface area contributed by atoms with Crippen LogP contribution in [0.1, 0.15) is 33.1 Å². The van der Waals surface area contributed by atoms with Crippen molar-refractivity contribution in [3.8, 4) is 5.69 Å². The molecule has 1 N–H and O–H groups in total. The number of likely N-dealkylation sites (tertiary alicyclic amines) is 1. The number of carbonyl (C=O) groups excluding carboxylic acids is 2. The van der Waals surface area contributed by atoms with Crippen molar-refractivity contribution in [1.29, 1.82) is 0 Å². The van der Waals surface area contributed by atoms with Crippen molar-refractivity contribution >= 4 is 17.5 Å². The lowest BCUT2D eigenvalue weighted by atomic mass is 9.92. The lowest BCUT2D eigenvalue weighted by Crippen LogP contribution is -2.41. The predicted octanol–water partition coefficient (Wildman–Crippen LogP) is 3.10. The number of hydrogen-bond donors (Lipinski definition) is 1. The zero-order valence-corrected chi connectivity index (χ0v) is 15.4. The van der Waals surface area contributed by atoms with E-state index in [1.165, 1.54) is 0 Å². The van der Waals surface area contributed by atoms with Crippen LogP contribution in [0.4, 0.5) is 5.69 Å². The Morgan fingerprint density at radius 3 is 2.65 bits per heavy atom. The number of amides is 2. The van der Waals surface area contributed by atoms with E-state index in [0.29, 0.717) is 12.3 Å². The van der Waals surface area contributed by atoms with Crippen LogP contribution in [0.25, 0.3) is 5.69 Å². The van der Waals surface area contributed by atoms with Gasteiger partial charge in [-0.25, -0.2) is 4.68 Å². The molecule has 0 atom stereocenters. The molecule has 1 saturated heterocycles. The summed E-state index contributed by atoms with van der Waals surface area (Å²) < 4.78 is 1.76. The number of benzene rings is 1. The molecule has 26 heavy (non-hydrogen) atoms. The average molecular weight is 354 g/mol. The molecule has 1 aliphatic rings. The summed E-state index contributed by atoms with van der Waals surface area (Å²) in [5.74, 6) is 0.608. The van der Waals surface area contributed by atoms with E-state index < -0.39 is 0 Å². The highest BCUT2D eigenvalue weighted by atomic mass is 16.2. The minimum Gasteiger partial charge on any atom is -0.342 e. The van der Waals surface area contributed by atoms with Crippen molar-refractivity contribution in [3.05, 3.63) is 42.7 Å². The molecular formula is C20H26N4O2. The molecule has 2 amide bonds. The standard InChI is InChI=1S/C20H26N4O2/c1-15(2)20(26)23-11-7-16(8-12-23)13-19(25)22-17-5-3-6-18(14-17)24-10-4-9-21-24/h3-6,9-10,14-16H,7-8,11-13H2,1-2H3,(H,22,25). The first-order valence-corrected chi connectivity index (χ1v) is 9.21. The molecule has 6 nitrogen and oxygen atoms in total. The molecule has 0 bridgehead atoms. The molecule has 3 rings (SSSR count). The van der Waals surface area contributed by atoms with Crippen LogP contribution < -0.4 is 5.32 Å². The van der Waals surface area contributed by atoms with E-state index in [2.05, 4.69) is 10.4 Å². The van der Waals surface area contributed by atoms with Gasteiger partial charge in [-0.3, -0.25) is 9.59 Å². The highest BCUT2D eigenvalue weighted by molar-refractivity contribution is 5.91. The van der Waals surface area contributed by atoms with Crippen LogP contribution in [-0.2, 0) is 9.59 Å². The van der Waals surface area contributed by atoms with Crippen LogP contribution in [0.2, 0.25) is 0 Å². The van der Waals surface area contributed by atoms with Gasteiger partial charge in [0, 0.05) is 43.5 Å². The number of nitrogens with zero attached hydrogens (tertiary/aromatic N) is 3. The molecule has 0 saturated carbocycles. The molecule has 0 unspecified atom stereocenters. The Labute approximate surface area is 154 Å². The summed E-state index contributed by atoms with van der Waals surface area (Å²) in [4.78, 5) is 26.3. The van der Waals surface area contributed by atoms with Crippen LogP contribution >= 0.6 is 0 Å². The molecule has 2 aromatic rings. The van der Waals surface area contributed by atoms with Gasteiger partial charge in [-0.2, -0.15) is 5.10 Å². The minimum atomic E-state index is 0.0243. The van der Waals surface area contributed by atoms with Crippen molar-refractivity contribution in [3.63, 3.8) is 0 Å². The fourth-order valence-electron chi connectivity index (χ4n) is 3.34. The molecule has 1 aliphatic heterocycles. The molecule has 0 aliphatic carbocycles. The summed E-state index contributed by atoms with van der Waals surface area (Å²) in [6.45, 7) is 5.37. The first-order valence-electron chi connectivity index (χ1n) is 9.21.